The smallest absolute Gasteiger partial charge is 0.0902 e. The van der Waals surface area contributed by atoms with Crippen molar-refractivity contribution < 1.29 is 14.6 Å². The van der Waals surface area contributed by atoms with E-state index in [-0.39, 0.29) is 23.7 Å². The fourth-order valence-corrected chi connectivity index (χ4v) is 3.68. The standard InChI is InChI=1S/C11H18O3/c1-11-4-2-3-7(12)8(11)9-10(11)14-6-5-13-9/h7-10,12H,2-6H2,1H3/t7-,8-,9-,10+,11-/m1/s1. The van der Waals surface area contributed by atoms with Crippen LogP contribution in [-0.2, 0) is 9.47 Å². The molecule has 0 aromatic carbocycles. The first-order valence-electron chi connectivity index (χ1n) is 5.65. The second kappa shape index (κ2) is 2.94. The lowest BCUT2D eigenvalue weighted by atomic mass is 9.50. The average molecular weight is 198 g/mol. The highest BCUT2D eigenvalue weighted by molar-refractivity contribution is 5.13. The average Bonchev–Trinajstić information content (AvgIpc) is 2.16. The molecule has 1 N–H and O–H groups in total. The van der Waals surface area contributed by atoms with Gasteiger partial charge in [-0.3, -0.25) is 0 Å². The third-order valence-electron chi connectivity index (χ3n) is 4.38. The molecule has 3 aliphatic rings. The van der Waals surface area contributed by atoms with Crippen molar-refractivity contribution in [3.05, 3.63) is 0 Å². The fraction of sp³-hybridized carbons (Fsp3) is 1.00. The van der Waals surface area contributed by atoms with E-state index in [1.165, 1.54) is 6.42 Å². The van der Waals surface area contributed by atoms with E-state index in [0.29, 0.717) is 12.5 Å². The summed E-state index contributed by atoms with van der Waals surface area (Å²) < 4.78 is 11.5. The molecule has 0 spiro atoms. The molecule has 3 fully saturated rings. The highest BCUT2D eigenvalue weighted by atomic mass is 16.6. The van der Waals surface area contributed by atoms with Gasteiger partial charge in [0.25, 0.3) is 0 Å². The summed E-state index contributed by atoms with van der Waals surface area (Å²) in [6, 6.07) is 0. The van der Waals surface area contributed by atoms with E-state index in [1.54, 1.807) is 0 Å². The molecule has 0 aromatic rings. The van der Waals surface area contributed by atoms with Gasteiger partial charge in [-0.1, -0.05) is 13.3 Å². The summed E-state index contributed by atoms with van der Waals surface area (Å²) in [6.07, 6.45) is 3.49. The first kappa shape index (κ1) is 9.13. The lowest BCUT2D eigenvalue weighted by Crippen LogP contribution is -2.71. The van der Waals surface area contributed by atoms with E-state index in [9.17, 15) is 5.11 Å². The van der Waals surface area contributed by atoms with Crippen molar-refractivity contribution in [3.63, 3.8) is 0 Å². The summed E-state index contributed by atoms with van der Waals surface area (Å²) in [5.41, 5.74) is 0.183. The second-order valence-electron chi connectivity index (χ2n) is 5.12. The molecule has 3 rings (SSSR count). The maximum absolute atomic E-state index is 9.97. The third kappa shape index (κ3) is 0.980. The molecule has 3 heteroatoms. The largest absolute Gasteiger partial charge is 0.393 e. The zero-order chi connectivity index (χ0) is 9.76. The van der Waals surface area contributed by atoms with E-state index in [1.807, 2.05) is 0 Å². The van der Waals surface area contributed by atoms with Crippen molar-refractivity contribution in [2.45, 2.75) is 44.5 Å². The molecule has 14 heavy (non-hydrogen) atoms. The number of hydrogen-bond acceptors (Lipinski definition) is 3. The Morgan fingerprint density at radius 2 is 2.07 bits per heavy atom. The van der Waals surface area contributed by atoms with Crippen LogP contribution < -0.4 is 0 Å². The Bertz CT molecular complexity index is 243. The monoisotopic (exact) mass is 198 g/mol. The molecule has 0 unspecified atom stereocenters. The van der Waals surface area contributed by atoms with Crippen molar-refractivity contribution in [2.24, 2.45) is 11.3 Å². The summed E-state index contributed by atoms with van der Waals surface area (Å²) >= 11 is 0. The molecule has 2 saturated carbocycles. The van der Waals surface area contributed by atoms with Crippen molar-refractivity contribution in [1.29, 1.82) is 0 Å². The Morgan fingerprint density at radius 3 is 2.93 bits per heavy atom. The van der Waals surface area contributed by atoms with Crippen molar-refractivity contribution in [3.8, 4) is 0 Å². The van der Waals surface area contributed by atoms with Crippen LogP contribution >= 0.6 is 0 Å². The summed E-state index contributed by atoms with van der Waals surface area (Å²) in [4.78, 5) is 0. The fourth-order valence-electron chi connectivity index (χ4n) is 3.68. The van der Waals surface area contributed by atoms with E-state index in [2.05, 4.69) is 6.92 Å². The molecular weight excluding hydrogens is 180 g/mol. The molecule has 1 saturated heterocycles. The van der Waals surface area contributed by atoms with Crippen LogP contribution in [0.3, 0.4) is 0 Å². The number of hydrogen-bond donors (Lipinski definition) is 1. The van der Waals surface area contributed by atoms with E-state index in [4.69, 9.17) is 9.47 Å². The quantitative estimate of drug-likeness (QED) is 0.630. The lowest BCUT2D eigenvalue weighted by molar-refractivity contribution is -0.315. The van der Waals surface area contributed by atoms with Crippen LogP contribution in [0, 0.1) is 11.3 Å². The van der Waals surface area contributed by atoms with Gasteiger partial charge in [0.15, 0.2) is 0 Å². The Labute approximate surface area is 84.4 Å². The molecule has 2 aliphatic carbocycles. The van der Waals surface area contributed by atoms with Crippen LogP contribution in [-0.4, -0.2) is 36.6 Å². The highest BCUT2D eigenvalue weighted by Gasteiger charge is 2.64. The van der Waals surface area contributed by atoms with Crippen molar-refractivity contribution >= 4 is 0 Å². The number of rotatable bonds is 0. The van der Waals surface area contributed by atoms with Gasteiger partial charge in [-0.2, -0.15) is 0 Å². The predicted molar refractivity (Wildman–Crippen MR) is 50.9 cm³/mol. The minimum atomic E-state index is -0.170. The predicted octanol–water partition coefficient (Wildman–Crippen LogP) is 0.951. The topological polar surface area (TPSA) is 38.7 Å². The summed E-state index contributed by atoms with van der Waals surface area (Å²) in [5, 5.41) is 9.97. The summed E-state index contributed by atoms with van der Waals surface area (Å²) in [7, 11) is 0. The molecule has 1 heterocycles. The Morgan fingerprint density at radius 1 is 1.29 bits per heavy atom. The zero-order valence-corrected chi connectivity index (χ0v) is 8.61. The summed E-state index contributed by atoms with van der Waals surface area (Å²) in [6.45, 7) is 3.66. The highest BCUT2D eigenvalue weighted by Crippen LogP contribution is 2.58. The van der Waals surface area contributed by atoms with Gasteiger partial charge in [0.1, 0.15) is 0 Å². The van der Waals surface area contributed by atoms with Gasteiger partial charge in [-0.15, -0.1) is 0 Å². The van der Waals surface area contributed by atoms with Gasteiger partial charge < -0.3 is 14.6 Å². The Hall–Kier alpha value is -0.120. The Kier molecular flexibility index (Phi) is 1.92. The molecule has 5 atom stereocenters. The molecule has 3 nitrogen and oxygen atoms in total. The van der Waals surface area contributed by atoms with E-state index < -0.39 is 0 Å². The van der Waals surface area contributed by atoms with Gasteiger partial charge in [0.2, 0.25) is 0 Å². The van der Waals surface area contributed by atoms with Gasteiger partial charge in [-0.25, -0.2) is 0 Å². The van der Waals surface area contributed by atoms with Gasteiger partial charge in [0.05, 0.1) is 31.5 Å². The minimum absolute atomic E-state index is 0.170. The van der Waals surface area contributed by atoms with Gasteiger partial charge >= 0.3 is 0 Å². The molecule has 0 radical (unpaired) electrons. The van der Waals surface area contributed by atoms with Crippen LogP contribution in [0.25, 0.3) is 0 Å². The number of aliphatic hydroxyl groups excluding tert-OH is 1. The Balaban J connectivity index is 1.85. The first-order chi connectivity index (χ1) is 6.73. The molecule has 80 valence electrons. The summed E-state index contributed by atoms with van der Waals surface area (Å²) in [5.74, 6) is 0.321. The zero-order valence-electron chi connectivity index (χ0n) is 8.61. The minimum Gasteiger partial charge on any atom is -0.393 e. The lowest BCUT2D eigenvalue weighted by Gasteiger charge is -2.63. The van der Waals surface area contributed by atoms with Crippen LogP contribution in [0.5, 0.6) is 0 Å². The van der Waals surface area contributed by atoms with Crippen LogP contribution in [0.1, 0.15) is 26.2 Å². The van der Waals surface area contributed by atoms with Gasteiger partial charge in [0, 0.05) is 11.3 Å². The number of aliphatic hydroxyl groups is 1. The number of ether oxygens (including phenoxy) is 2. The van der Waals surface area contributed by atoms with E-state index >= 15 is 0 Å². The van der Waals surface area contributed by atoms with E-state index in [0.717, 1.165) is 19.4 Å². The SMILES string of the molecule is C[C@@]12CCC[C@@H](O)[C@@H]1[C@H]1OCCO[C@@H]12. The first-order valence-corrected chi connectivity index (χ1v) is 5.65. The van der Waals surface area contributed by atoms with Crippen LogP contribution in [0.4, 0.5) is 0 Å². The molecular formula is C11H18O3. The molecule has 0 bridgehead atoms. The normalized spacial score (nSPS) is 57.0. The van der Waals surface area contributed by atoms with Crippen LogP contribution in [0.2, 0.25) is 0 Å². The second-order valence-corrected chi connectivity index (χ2v) is 5.12. The van der Waals surface area contributed by atoms with Crippen molar-refractivity contribution in [2.75, 3.05) is 13.2 Å². The molecule has 1 aliphatic heterocycles. The molecule has 0 amide bonds. The van der Waals surface area contributed by atoms with Gasteiger partial charge in [-0.05, 0) is 12.8 Å². The third-order valence-corrected chi connectivity index (χ3v) is 4.38. The molecule has 0 aromatic heterocycles. The number of fused-ring (bicyclic) bond motifs is 4. The van der Waals surface area contributed by atoms with Crippen molar-refractivity contribution in [1.82, 2.24) is 0 Å². The maximum Gasteiger partial charge on any atom is 0.0902 e. The maximum atomic E-state index is 9.97. The van der Waals surface area contributed by atoms with Crippen LogP contribution in [0.15, 0.2) is 0 Å².